The van der Waals surface area contributed by atoms with E-state index in [9.17, 15) is 9.59 Å². The van der Waals surface area contributed by atoms with Crippen LogP contribution >= 0.6 is 0 Å². The average molecular weight is 455 g/mol. The predicted molar refractivity (Wildman–Crippen MR) is 124 cm³/mol. The van der Waals surface area contributed by atoms with Crippen LogP contribution in [0.15, 0.2) is 48.5 Å². The van der Waals surface area contributed by atoms with Gasteiger partial charge in [-0.25, -0.2) is 9.78 Å². The van der Waals surface area contributed by atoms with Crippen molar-refractivity contribution in [1.29, 1.82) is 0 Å². The van der Waals surface area contributed by atoms with E-state index in [0.717, 1.165) is 10.5 Å². The molecule has 0 atom stereocenters. The second-order valence-corrected chi connectivity index (χ2v) is 7.52. The van der Waals surface area contributed by atoms with Gasteiger partial charge in [0.25, 0.3) is 5.91 Å². The summed E-state index contributed by atoms with van der Waals surface area (Å²) in [7, 11) is 0. The quantitative estimate of drug-likeness (QED) is 0.416. The number of amides is 1. The van der Waals surface area contributed by atoms with Gasteiger partial charge >= 0.3 is 11.9 Å². The number of alkyl halides is 2. The summed E-state index contributed by atoms with van der Waals surface area (Å²) >= 11 is 0. The van der Waals surface area contributed by atoms with Crippen LogP contribution in [0.5, 0.6) is 0 Å². The molecule has 0 aliphatic rings. The number of aromatic nitrogens is 1. The highest BCUT2D eigenvalue weighted by atomic mass is 19.3. The van der Waals surface area contributed by atoms with Crippen molar-refractivity contribution in [2.75, 3.05) is 19.7 Å². The number of nitrogens with zero attached hydrogens (tertiary/aromatic N) is 2. The van der Waals surface area contributed by atoms with E-state index in [-0.39, 0.29) is 30.8 Å². The molecule has 0 saturated heterocycles. The van der Waals surface area contributed by atoms with E-state index < -0.39 is 23.5 Å². The van der Waals surface area contributed by atoms with Crippen molar-refractivity contribution in [1.82, 2.24) is 9.88 Å². The molecule has 0 saturated carbocycles. The lowest BCUT2D eigenvalue weighted by molar-refractivity contribution is -0.159. The van der Waals surface area contributed by atoms with Gasteiger partial charge in [0.05, 0.1) is 6.61 Å². The van der Waals surface area contributed by atoms with Crippen LogP contribution in [0.1, 0.15) is 49.4 Å². The molecule has 2 aromatic carbocycles. The molecule has 7 heteroatoms. The summed E-state index contributed by atoms with van der Waals surface area (Å²) in [4.78, 5) is 31.0. The van der Waals surface area contributed by atoms with Gasteiger partial charge in [-0.05, 0) is 43.7 Å². The van der Waals surface area contributed by atoms with Crippen LogP contribution in [-0.2, 0) is 21.9 Å². The molecular formula is C26H28F2N2O3. The topological polar surface area (TPSA) is 59.5 Å². The minimum absolute atomic E-state index is 0.0618. The molecule has 0 N–H and O–H groups in total. The molecule has 0 unspecified atom stereocenters. The van der Waals surface area contributed by atoms with Gasteiger partial charge in [-0.15, -0.1) is 0 Å². The lowest BCUT2D eigenvalue weighted by Gasteiger charge is -2.26. The third-order valence-corrected chi connectivity index (χ3v) is 5.65. The van der Waals surface area contributed by atoms with E-state index >= 15 is 8.78 Å². The Morgan fingerprint density at radius 2 is 1.64 bits per heavy atom. The lowest BCUT2D eigenvalue weighted by atomic mass is 9.90. The lowest BCUT2D eigenvalue weighted by Crippen LogP contribution is -2.42. The standard InChI is InChI=1S/C26H28F2N2O3/c1-5-17-15-12-16-19-20(17)21(18-13-10-9-11-14-18)22(24(31)33-8-4)29-23(19)26(27,28)25(32)30(6-2)7-3/h9-16H,5-8H2,1-4H3. The monoisotopic (exact) mass is 454 g/mol. The third kappa shape index (κ3) is 4.45. The summed E-state index contributed by atoms with van der Waals surface area (Å²) in [6.45, 7) is 7.16. The number of carbonyl (C=O) groups excluding carboxylic acids is 2. The predicted octanol–water partition coefficient (Wildman–Crippen LogP) is 5.60. The van der Waals surface area contributed by atoms with Crippen LogP contribution in [0.4, 0.5) is 8.78 Å². The first kappa shape index (κ1) is 24.3. The minimum atomic E-state index is -3.92. The minimum Gasteiger partial charge on any atom is -0.461 e. The SMILES string of the molecule is CCOC(=O)c1nc(C(F)(F)C(=O)N(CC)CC)c2cccc(CC)c2c1-c1ccccc1. The fourth-order valence-corrected chi connectivity index (χ4v) is 4.02. The summed E-state index contributed by atoms with van der Waals surface area (Å²) in [5, 5.41) is 0.623. The van der Waals surface area contributed by atoms with Crippen molar-refractivity contribution in [3.63, 3.8) is 0 Å². The molecule has 0 aliphatic heterocycles. The number of ether oxygens (including phenoxy) is 1. The fraction of sp³-hybridized carbons (Fsp3) is 0.346. The maximum absolute atomic E-state index is 15.7. The highest BCUT2D eigenvalue weighted by Gasteiger charge is 2.47. The number of carbonyl (C=O) groups is 2. The maximum Gasteiger partial charge on any atom is 0.366 e. The summed E-state index contributed by atoms with van der Waals surface area (Å²) in [5.41, 5.74) is 0.901. The van der Waals surface area contributed by atoms with E-state index in [1.807, 2.05) is 19.1 Å². The van der Waals surface area contributed by atoms with Gasteiger partial charge < -0.3 is 9.64 Å². The number of benzene rings is 2. The molecular weight excluding hydrogens is 426 g/mol. The molecule has 0 fully saturated rings. The van der Waals surface area contributed by atoms with Crippen molar-refractivity contribution in [3.8, 4) is 11.1 Å². The second-order valence-electron chi connectivity index (χ2n) is 7.52. The van der Waals surface area contributed by atoms with Crippen LogP contribution < -0.4 is 0 Å². The summed E-state index contributed by atoms with van der Waals surface area (Å²) in [6.07, 6.45) is 0.540. The first-order valence-electron chi connectivity index (χ1n) is 11.2. The van der Waals surface area contributed by atoms with Crippen LogP contribution in [0.3, 0.4) is 0 Å². The number of hydrogen-bond acceptors (Lipinski definition) is 4. The number of esters is 1. The molecule has 1 amide bonds. The molecule has 33 heavy (non-hydrogen) atoms. The molecule has 0 radical (unpaired) electrons. The van der Waals surface area contributed by atoms with Crippen LogP contribution in [0, 0.1) is 0 Å². The number of halogens is 2. The van der Waals surface area contributed by atoms with E-state index in [2.05, 4.69) is 4.98 Å². The summed E-state index contributed by atoms with van der Waals surface area (Å²) in [6, 6.07) is 14.1. The van der Waals surface area contributed by atoms with Gasteiger partial charge in [0.1, 0.15) is 5.69 Å². The number of rotatable bonds is 8. The van der Waals surface area contributed by atoms with Crippen LogP contribution in [-0.4, -0.2) is 41.5 Å². The van der Waals surface area contributed by atoms with Crippen molar-refractivity contribution in [2.24, 2.45) is 0 Å². The molecule has 174 valence electrons. The molecule has 3 aromatic rings. The zero-order valence-corrected chi connectivity index (χ0v) is 19.3. The molecule has 5 nitrogen and oxygen atoms in total. The Morgan fingerprint density at radius 3 is 2.21 bits per heavy atom. The van der Waals surface area contributed by atoms with Gasteiger partial charge in [0.2, 0.25) is 0 Å². The Bertz CT molecular complexity index is 1160. The molecule has 1 aromatic heterocycles. The molecule has 0 aliphatic carbocycles. The van der Waals surface area contributed by atoms with Gasteiger partial charge in [0, 0.05) is 24.0 Å². The van der Waals surface area contributed by atoms with Crippen LogP contribution in [0.2, 0.25) is 0 Å². The Balaban J connectivity index is 2.47. The van der Waals surface area contributed by atoms with E-state index in [1.54, 1.807) is 51.1 Å². The van der Waals surface area contributed by atoms with Crippen molar-refractivity contribution >= 4 is 22.6 Å². The highest BCUT2D eigenvalue weighted by Crippen LogP contribution is 2.41. The Morgan fingerprint density at radius 1 is 0.970 bits per heavy atom. The molecule has 1 heterocycles. The highest BCUT2D eigenvalue weighted by molar-refractivity contribution is 6.09. The van der Waals surface area contributed by atoms with Gasteiger partial charge in [-0.2, -0.15) is 8.78 Å². The fourth-order valence-electron chi connectivity index (χ4n) is 4.02. The van der Waals surface area contributed by atoms with Gasteiger partial charge in [-0.3, -0.25) is 4.79 Å². The number of aryl methyl sites for hydroxylation is 1. The third-order valence-electron chi connectivity index (χ3n) is 5.65. The average Bonchev–Trinajstić information content (AvgIpc) is 2.83. The van der Waals surface area contributed by atoms with Crippen molar-refractivity contribution < 1.29 is 23.1 Å². The second kappa shape index (κ2) is 10.1. The molecule has 0 bridgehead atoms. The maximum atomic E-state index is 15.7. The molecule has 3 rings (SSSR count). The van der Waals surface area contributed by atoms with E-state index in [1.165, 1.54) is 6.07 Å². The van der Waals surface area contributed by atoms with Crippen LogP contribution in [0.25, 0.3) is 21.9 Å². The van der Waals surface area contributed by atoms with Crippen molar-refractivity contribution in [3.05, 3.63) is 65.5 Å². The summed E-state index contributed by atoms with van der Waals surface area (Å²) in [5.74, 6) is -6.07. The largest absolute Gasteiger partial charge is 0.461 e. The zero-order chi connectivity index (χ0) is 24.2. The number of hydrogen-bond donors (Lipinski definition) is 0. The number of fused-ring (bicyclic) bond motifs is 1. The van der Waals surface area contributed by atoms with Gasteiger partial charge in [0.15, 0.2) is 5.69 Å². The van der Waals surface area contributed by atoms with Crippen molar-refractivity contribution in [2.45, 2.75) is 40.0 Å². The smallest absolute Gasteiger partial charge is 0.366 e. The first-order valence-corrected chi connectivity index (χ1v) is 11.2. The summed E-state index contributed by atoms with van der Waals surface area (Å²) < 4.78 is 36.6. The number of likely N-dealkylation sites (N-methyl/N-ethyl adjacent to an activating group) is 1. The Labute approximate surface area is 192 Å². The number of pyridine rings is 1. The van der Waals surface area contributed by atoms with E-state index in [0.29, 0.717) is 22.9 Å². The molecule has 0 spiro atoms. The first-order chi connectivity index (χ1) is 15.8. The van der Waals surface area contributed by atoms with Gasteiger partial charge in [-0.1, -0.05) is 55.5 Å². The zero-order valence-electron chi connectivity index (χ0n) is 19.3. The Kier molecular flexibility index (Phi) is 7.41. The normalized spacial score (nSPS) is 11.5. The van der Waals surface area contributed by atoms with E-state index in [4.69, 9.17) is 4.74 Å². The Hall–Kier alpha value is -3.35.